The number of allylic oxidation sites excluding steroid dienone is 9. The standard InChI is InChI=1S/C49H86O17P2/c1-3-5-7-8-9-10-11-12-13-14-15-16-20-23-26-29-32-36-42(51)62-38-41(39-63-68(60,61)66-49-46(55)44(53)45(54)48(47(49)56)65-67(57,58)59)64-43(52)37-33-30-27-24-21-18-17-19-22-25-28-31-35-40(50)34-6-4-2/h12-13,17-18,22,24-25,27,31,35,40-41,44-50,53-56H,3-11,14-16,19-21,23,26,28-30,32-34,36-39H2,1-2H3,(H,60,61)(H2,57,58,59)/b13-12-,18-17-,25-22-,27-24-,35-31-/t40-,41-,44?,45?,46?,47?,48-,49+/m1/s1. The van der Waals surface area contributed by atoms with E-state index in [1.54, 1.807) is 0 Å². The van der Waals surface area contributed by atoms with Gasteiger partial charge in [0.2, 0.25) is 0 Å². The lowest BCUT2D eigenvalue weighted by molar-refractivity contribution is -0.216. The van der Waals surface area contributed by atoms with Crippen molar-refractivity contribution in [2.45, 2.75) is 223 Å². The summed E-state index contributed by atoms with van der Waals surface area (Å²) >= 11 is 0. The minimum Gasteiger partial charge on any atom is -0.462 e. The summed E-state index contributed by atoms with van der Waals surface area (Å²) in [6.45, 7) is 2.91. The zero-order valence-electron chi connectivity index (χ0n) is 40.6. The van der Waals surface area contributed by atoms with Crippen molar-refractivity contribution >= 4 is 27.6 Å². The SMILES string of the molecule is CCCCCCCC/C=C\CCCCCCCCCC(=O)OC[C@H](COP(=O)(O)O[C@H]1C(O)C(O)C(O)[C@@H](OP(=O)(O)O)C1O)OC(=O)CCC/C=C\C/C=C\C/C=C\C/C=C\[C@H](O)CCCC. The number of phosphoric acid groups is 2. The number of aliphatic hydroxyl groups is 5. The van der Waals surface area contributed by atoms with Gasteiger partial charge in [0.15, 0.2) is 6.10 Å². The number of carbonyl (C=O) groups is 2. The topological polar surface area (TPSA) is 276 Å². The van der Waals surface area contributed by atoms with E-state index >= 15 is 0 Å². The first-order valence-electron chi connectivity index (χ1n) is 24.9. The van der Waals surface area contributed by atoms with Crippen molar-refractivity contribution in [1.29, 1.82) is 0 Å². The third-order valence-electron chi connectivity index (χ3n) is 11.1. The van der Waals surface area contributed by atoms with Gasteiger partial charge < -0.3 is 49.7 Å². The van der Waals surface area contributed by atoms with Crippen LogP contribution in [0.5, 0.6) is 0 Å². The van der Waals surface area contributed by atoms with Crippen LogP contribution in [0.1, 0.15) is 174 Å². The molecule has 1 saturated carbocycles. The fourth-order valence-corrected chi connectivity index (χ4v) is 8.75. The van der Waals surface area contributed by atoms with Crippen LogP contribution in [0, 0.1) is 0 Å². The molecule has 0 radical (unpaired) electrons. The van der Waals surface area contributed by atoms with Crippen molar-refractivity contribution in [3.8, 4) is 0 Å². The van der Waals surface area contributed by atoms with Crippen molar-refractivity contribution in [3.63, 3.8) is 0 Å². The molecule has 1 fully saturated rings. The van der Waals surface area contributed by atoms with Crippen LogP contribution in [0.4, 0.5) is 0 Å². The van der Waals surface area contributed by atoms with E-state index in [9.17, 15) is 58.9 Å². The van der Waals surface area contributed by atoms with Gasteiger partial charge in [-0.2, -0.15) is 0 Å². The Morgan fingerprint density at radius 2 is 1.00 bits per heavy atom. The molecule has 394 valence electrons. The number of phosphoric ester groups is 2. The summed E-state index contributed by atoms with van der Waals surface area (Å²) in [4.78, 5) is 54.3. The molecule has 1 rings (SSSR count). The van der Waals surface area contributed by atoms with Gasteiger partial charge >= 0.3 is 27.6 Å². The van der Waals surface area contributed by atoms with Gasteiger partial charge in [-0.25, -0.2) is 9.13 Å². The van der Waals surface area contributed by atoms with Crippen molar-refractivity contribution in [2.24, 2.45) is 0 Å². The van der Waals surface area contributed by atoms with Crippen LogP contribution < -0.4 is 0 Å². The van der Waals surface area contributed by atoms with Gasteiger partial charge in [-0.3, -0.25) is 23.2 Å². The number of hydrogen-bond donors (Lipinski definition) is 8. The maximum absolute atomic E-state index is 13.0. The van der Waals surface area contributed by atoms with E-state index in [1.165, 1.54) is 38.5 Å². The minimum atomic E-state index is -5.38. The highest BCUT2D eigenvalue weighted by atomic mass is 31.2. The van der Waals surface area contributed by atoms with Gasteiger partial charge in [0.05, 0.1) is 12.7 Å². The fourth-order valence-electron chi connectivity index (χ4n) is 7.21. The molecular formula is C49H86O17P2. The van der Waals surface area contributed by atoms with Crippen molar-refractivity contribution in [1.82, 2.24) is 0 Å². The molecule has 0 aromatic heterocycles. The predicted molar refractivity (Wildman–Crippen MR) is 261 cm³/mol. The largest absolute Gasteiger partial charge is 0.472 e. The molecule has 0 saturated heterocycles. The Kier molecular flexibility index (Phi) is 36.8. The summed E-state index contributed by atoms with van der Waals surface area (Å²) in [5.74, 6) is -1.30. The summed E-state index contributed by atoms with van der Waals surface area (Å²) in [5.41, 5.74) is 0. The van der Waals surface area contributed by atoms with Crippen molar-refractivity contribution < 1.29 is 82.0 Å². The monoisotopic (exact) mass is 1010 g/mol. The quantitative estimate of drug-likeness (QED) is 0.0123. The highest BCUT2D eigenvalue weighted by molar-refractivity contribution is 7.47. The Bertz CT molecular complexity index is 1560. The first kappa shape index (κ1) is 63.7. The normalized spacial score (nSPS) is 22.2. The smallest absolute Gasteiger partial charge is 0.462 e. The zero-order valence-corrected chi connectivity index (χ0v) is 42.4. The van der Waals surface area contributed by atoms with Gasteiger partial charge in [0.25, 0.3) is 0 Å². The predicted octanol–water partition coefficient (Wildman–Crippen LogP) is 8.81. The Balaban J connectivity index is 2.62. The Morgan fingerprint density at radius 3 is 1.57 bits per heavy atom. The van der Waals surface area contributed by atoms with E-state index < -0.39 is 89.6 Å². The second-order valence-corrected chi connectivity index (χ2v) is 19.9. The van der Waals surface area contributed by atoms with Crippen molar-refractivity contribution in [3.05, 3.63) is 60.8 Å². The number of hydrogen-bond acceptors (Lipinski definition) is 14. The van der Waals surface area contributed by atoms with E-state index in [2.05, 4.69) is 30.5 Å². The molecule has 1 aliphatic carbocycles. The molecular weight excluding hydrogens is 922 g/mol. The lowest BCUT2D eigenvalue weighted by Crippen LogP contribution is -2.64. The summed E-state index contributed by atoms with van der Waals surface area (Å²) in [7, 11) is -10.7. The molecule has 0 aromatic carbocycles. The summed E-state index contributed by atoms with van der Waals surface area (Å²) in [6, 6.07) is 0. The highest BCUT2D eigenvalue weighted by Crippen LogP contribution is 2.49. The molecule has 8 N–H and O–H groups in total. The third kappa shape index (κ3) is 33.3. The molecule has 0 bridgehead atoms. The van der Waals surface area contributed by atoms with Gasteiger partial charge in [0.1, 0.15) is 43.2 Å². The van der Waals surface area contributed by atoms with Gasteiger partial charge in [-0.05, 0) is 70.6 Å². The zero-order chi connectivity index (χ0) is 50.5. The van der Waals surface area contributed by atoms with Gasteiger partial charge in [0, 0.05) is 12.8 Å². The highest BCUT2D eigenvalue weighted by Gasteiger charge is 2.54. The number of ether oxygens (including phenoxy) is 2. The summed E-state index contributed by atoms with van der Waals surface area (Å²) in [5, 5.41) is 51.1. The lowest BCUT2D eigenvalue weighted by atomic mass is 9.85. The molecule has 0 spiro atoms. The Hall–Kier alpha value is -2.34. The Morgan fingerprint density at radius 1 is 0.529 bits per heavy atom. The van der Waals surface area contributed by atoms with E-state index in [-0.39, 0.29) is 12.8 Å². The molecule has 9 atom stereocenters. The van der Waals surface area contributed by atoms with Crippen LogP contribution in [0.25, 0.3) is 0 Å². The molecule has 0 aliphatic heterocycles. The molecule has 0 aromatic rings. The van der Waals surface area contributed by atoms with Crippen LogP contribution in [0.3, 0.4) is 0 Å². The molecule has 68 heavy (non-hydrogen) atoms. The van der Waals surface area contributed by atoms with Crippen molar-refractivity contribution in [2.75, 3.05) is 13.2 Å². The first-order valence-corrected chi connectivity index (χ1v) is 28.0. The van der Waals surface area contributed by atoms with Crippen LogP contribution in [0.15, 0.2) is 60.8 Å². The molecule has 0 heterocycles. The minimum absolute atomic E-state index is 0.0512. The van der Waals surface area contributed by atoms with Crippen LogP contribution in [0.2, 0.25) is 0 Å². The fraction of sp³-hybridized carbons (Fsp3) is 0.755. The van der Waals surface area contributed by atoms with Crippen LogP contribution >= 0.6 is 15.6 Å². The molecule has 5 unspecified atom stereocenters. The second kappa shape index (κ2) is 39.3. The van der Waals surface area contributed by atoms with Gasteiger partial charge in [-0.15, -0.1) is 0 Å². The van der Waals surface area contributed by atoms with E-state index in [4.69, 9.17) is 18.5 Å². The number of aliphatic hydroxyl groups excluding tert-OH is 5. The molecule has 19 heteroatoms. The van der Waals surface area contributed by atoms with E-state index in [0.29, 0.717) is 25.7 Å². The average Bonchev–Trinajstić information content (AvgIpc) is 3.29. The lowest BCUT2D eigenvalue weighted by Gasteiger charge is -2.43. The third-order valence-corrected chi connectivity index (χ3v) is 12.6. The van der Waals surface area contributed by atoms with E-state index in [1.807, 2.05) is 48.6 Å². The van der Waals surface area contributed by atoms with Gasteiger partial charge in [-0.1, -0.05) is 152 Å². The van der Waals surface area contributed by atoms with Crippen LogP contribution in [-0.4, -0.2) is 114 Å². The first-order chi connectivity index (χ1) is 32.5. The van der Waals surface area contributed by atoms with E-state index in [0.717, 1.165) is 83.5 Å². The number of carbonyl (C=O) groups excluding carboxylic acids is 2. The number of unbranched alkanes of at least 4 members (excludes halogenated alkanes) is 15. The maximum atomic E-state index is 13.0. The average molecular weight is 1010 g/mol. The number of esters is 2. The maximum Gasteiger partial charge on any atom is 0.472 e. The second-order valence-electron chi connectivity index (χ2n) is 17.3. The molecule has 0 amide bonds. The summed E-state index contributed by atoms with van der Waals surface area (Å²) < 4.78 is 49.3. The van der Waals surface area contributed by atoms with Crippen LogP contribution in [-0.2, 0) is 41.8 Å². The number of rotatable bonds is 41. The molecule has 1 aliphatic rings. The molecule has 17 nitrogen and oxygen atoms in total. The summed E-state index contributed by atoms with van der Waals surface area (Å²) in [6.07, 6.45) is 27.9. The Labute approximate surface area is 405 Å².